The van der Waals surface area contributed by atoms with Gasteiger partial charge in [-0.15, -0.1) is 0 Å². The van der Waals surface area contributed by atoms with Crippen LogP contribution >= 0.6 is 0 Å². The van der Waals surface area contributed by atoms with Crippen molar-refractivity contribution in [3.05, 3.63) is 48.0 Å². The van der Waals surface area contributed by atoms with Crippen LogP contribution in [-0.2, 0) is 21.0 Å². The van der Waals surface area contributed by atoms with E-state index in [-0.39, 0.29) is 30.7 Å². The molecule has 0 bridgehead atoms. The average molecular weight is 507 g/mol. The maximum atomic E-state index is 13.0. The molecule has 1 aliphatic carbocycles. The summed E-state index contributed by atoms with van der Waals surface area (Å²) in [7, 11) is 0. The van der Waals surface area contributed by atoms with Crippen LogP contribution in [0.1, 0.15) is 50.9 Å². The van der Waals surface area contributed by atoms with E-state index in [2.05, 4.69) is 27.5 Å². The number of hydrogen-bond acceptors (Lipinski definition) is 8. The Bertz CT molecular complexity index is 1150. The molecule has 3 N–H and O–H groups in total. The standard InChI is InChI=1S/C27H34N6O4/c1-17-11-19(12-17)14-32-27(36)23-5-3-10-33(23)25(35)15-31-22-7-6-20(13-21(22)26(28)18(2)34)37-16-24-29-8-4-9-30-24/h4,6-9,13,17,19,23,28,31H,3,5,10-12,14-16H2,1-2H3,(H,32,36)/t17?,19?,23-/m0/s1. The van der Waals surface area contributed by atoms with Gasteiger partial charge in [0, 0.05) is 43.7 Å². The van der Waals surface area contributed by atoms with Crippen molar-refractivity contribution in [2.45, 2.75) is 52.2 Å². The van der Waals surface area contributed by atoms with Crippen molar-refractivity contribution in [1.29, 1.82) is 5.41 Å². The molecule has 10 nitrogen and oxygen atoms in total. The van der Waals surface area contributed by atoms with Crippen molar-refractivity contribution in [2.75, 3.05) is 25.0 Å². The lowest BCUT2D eigenvalue weighted by molar-refractivity contribution is -0.137. The van der Waals surface area contributed by atoms with Crippen molar-refractivity contribution < 1.29 is 19.1 Å². The molecule has 0 unspecified atom stereocenters. The van der Waals surface area contributed by atoms with E-state index in [4.69, 9.17) is 10.1 Å². The van der Waals surface area contributed by atoms with Crippen LogP contribution in [0.3, 0.4) is 0 Å². The van der Waals surface area contributed by atoms with Crippen LogP contribution in [-0.4, -0.2) is 63.9 Å². The Balaban J connectivity index is 1.37. The van der Waals surface area contributed by atoms with Crippen molar-refractivity contribution in [3.63, 3.8) is 0 Å². The number of hydrogen-bond donors (Lipinski definition) is 3. The van der Waals surface area contributed by atoms with Crippen molar-refractivity contribution in [1.82, 2.24) is 20.2 Å². The highest BCUT2D eigenvalue weighted by atomic mass is 16.5. The lowest BCUT2D eigenvalue weighted by Crippen LogP contribution is -2.49. The minimum absolute atomic E-state index is 0.0554. The zero-order valence-electron chi connectivity index (χ0n) is 21.3. The minimum Gasteiger partial charge on any atom is -0.486 e. The van der Waals surface area contributed by atoms with E-state index in [9.17, 15) is 14.4 Å². The van der Waals surface area contributed by atoms with Gasteiger partial charge in [-0.25, -0.2) is 9.97 Å². The highest BCUT2D eigenvalue weighted by Gasteiger charge is 2.35. The summed E-state index contributed by atoms with van der Waals surface area (Å²) >= 11 is 0. The van der Waals surface area contributed by atoms with Gasteiger partial charge >= 0.3 is 0 Å². The molecule has 196 valence electrons. The summed E-state index contributed by atoms with van der Waals surface area (Å²) in [5.74, 6) is 1.52. The average Bonchev–Trinajstić information content (AvgIpc) is 3.38. The van der Waals surface area contributed by atoms with Crippen LogP contribution in [0.2, 0.25) is 0 Å². The normalized spacial score (nSPS) is 20.6. The molecule has 1 aliphatic heterocycles. The second-order valence-electron chi connectivity index (χ2n) is 9.88. The van der Waals surface area contributed by atoms with Gasteiger partial charge in [0.1, 0.15) is 24.1 Å². The van der Waals surface area contributed by atoms with Crippen molar-refractivity contribution in [2.24, 2.45) is 11.8 Å². The van der Waals surface area contributed by atoms with Gasteiger partial charge in [-0.05, 0) is 61.8 Å². The second-order valence-corrected chi connectivity index (χ2v) is 9.88. The van der Waals surface area contributed by atoms with E-state index in [0.717, 1.165) is 25.2 Å². The van der Waals surface area contributed by atoms with Crippen LogP contribution in [0, 0.1) is 17.2 Å². The van der Waals surface area contributed by atoms with E-state index in [1.165, 1.54) is 6.92 Å². The number of Topliss-reactive ketones (excluding diaryl/α,β-unsaturated/α-hetero) is 1. The van der Waals surface area contributed by atoms with Crippen LogP contribution in [0.5, 0.6) is 5.75 Å². The number of amides is 2. The van der Waals surface area contributed by atoms with Gasteiger partial charge in [0.2, 0.25) is 11.8 Å². The smallest absolute Gasteiger partial charge is 0.242 e. The van der Waals surface area contributed by atoms with E-state index in [1.807, 2.05) is 0 Å². The zero-order valence-corrected chi connectivity index (χ0v) is 21.3. The number of benzene rings is 1. The molecule has 1 saturated carbocycles. The van der Waals surface area contributed by atoms with E-state index in [0.29, 0.717) is 48.3 Å². The second kappa shape index (κ2) is 11.9. The molecule has 2 amide bonds. The van der Waals surface area contributed by atoms with E-state index >= 15 is 0 Å². The first-order valence-corrected chi connectivity index (χ1v) is 12.8. The van der Waals surface area contributed by atoms with Gasteiger partial charge < -0.3 is 20.3 Å². The number of rotatable bonds is 11. The Morgan fingerprint density at radius 3 is 2.65 bits per heavy atom. The lowest BCUT2D eigenvalue weighted by atomic mass is 9.76. The van der Waals surface area contributed by atoms with Gasteiger partial charge in [-0.3, -0.25) is 19.8 Å². The van der Waals surface area contributed by atoms with E-state index in [1.54, 1.807) is 41.6 Å². The molecule has 2 fully saturated rings. The fourth-order valence-corrected chi connectivity index (χ4v) is 4.92. The number of likely N-dealkylation sites (tertiary alicyclic amines) is 1. The van der Waals surface area contributed by atoms with Gasteiger partial charge in [-0.1, -0.05) is 6.92 Å². The predicted octanol–water partition coefficient (Wildman–Crippen LogP) is 2.58. The highest BCUT2D eigenvalue weighted by Crippen LogP contribution is 2.32. The fourth-order valence-electron chi connectivity index (χ4n) is 4.92. The molecule has 2 aromatic rings. The Kier molecular flexibility index (Phi) is 8.47. The molecule has 4 rings (SSSR count). The number of carbonyl (C=O) groups excluding carboxylic acids is 3. The maximum absolute atomic E-state index is 13.0. The molecule has 1 saturated heterocycles. The van der Waals surface area contributed by atoms with E-state index < -0.39 is 11.8 Å². The fraction of sp³-hybridized carbons (Fsp3) is 0.481. The molecule has 1 aromatic carbocycles. The first-order chi connectivity index (χ1) is 17.8. The van der Waals surface area contributed by atoms with Crippen LogP contribution < -0.4 is 15.4 Å². The van der Waals surface area contributed by atoms with Crippen LogP contribution in [0.15, 0.2) is 36.7 Å². The summed E-state index contributed by atoms with van der Waals surface area (Å²) < 4.78 is 5.74. The highest BCUT2D eigenvalue weighted by molar-refractivity contribution is 6.45. The van der Waals surface area contributed by atoms with Gasteiger partial charge in [-0.2, -0.15) is 0 Å². The Hall–Kier alpha value is -3.82. The molecule has 0 radical (unpaired) electrons. The summed E-state index contributed by atoms with van der Waals surface area (Å²) in [6, 6.07) is 6.21. The van der Waals surface area contributed by atoms with Gasteiger partial charge in [0.05, 0.1) is 6.54 Å². The first kappa shape index (κ1) is 26.2. The monoisotopic (exact) mass is 506 g/mol. The van der Waals surface area contributed by atoms with Crippen LogP contribution in [0.25, 0.3) is 0 Å². The molecular weight excluding hydrogens is 472 g/mol. The molecule has 0 spiro atoms. The zero-order chi connectivity index (χ0) is 26.4. The third-order valence-corrected chi connectivity index (χ3v) is 6.94. The number of ether oxygens (including phenoxy) is 1. The minimum atomic E-state index is -0.460. The molecule has 1 atom stereocenters. The maximum Gasteiger partial charge on any atom is 0.242 e. The van der Waals surface area contributed by atoms with Crippen molar-refractivity contribution >= 4 is 29.0 Å². The quantitative estimate of drug-likeness (QED) is 0.398. The third kappa shape index (κ3) is 6.69. The Morgan fingerprint density at radius 2 is 1.95 bits per heavy atom. The number of anilines is 1. The number of carbonyl (C=O) groups is 3. The molecule has 2 aliphatic rings. The third-order valence-electron chi connectivity index (χ3n) is 6.94. The molecule has 1 aromatic heterocycles. The summed E-state index contributed by atoms with van der Waals surface area (Å²) in [6.45, 7) is 4.81. The Labute approximate surface area is 216 Å². The SMILES string of the molecule is CC(=O)C(=N)c1cc(OCc2ncccn2)ccc1NCC(=O)N1CCC[C@H]1C(=O)NCC1CC(C)C1. The van der Waals surface area contributed by atoms with Crippen LogP contribution in [0.4, 0.5) is 5.69 Å². The first-order valence-electron chi connectivity index (χ1n) is 12.8. The summed E-state index contributed by atoms with van der Waals surface area (Å²) in [4.78, 5) is 47.6. The number of nitrogens with zero attached hydrogens (tertiary/aromatic N) is 3. The lowest BCUT2D eigenvalue weighted by Gasteiger charge is -2.33. The summed E-state index contributed by atoms with van der Waals surface area (Å²) in [5, 5.41) is 14.3. The number of aromatic nitrogens is 2. The number of ketones is 1. The van der Waals surface area contributed by atoms with Crippen molar-refractivity contribution in [3.8, 4) is 5.75 Å². The topological polar surface area (TPSA) is 137 Å². The molecule has 37 heavy (non-hydrogen) atoms. The molecular formula is C27H34N6O4. The molecule has 10 heteroatoms. The summed E-state index contributed by atoms with van der Waals surface area (Å²) in [5.41, 5.74) is 0.605. The Morgan fingerprint density at radius 1 is 1.19 bits per heavy atom. The number of nitrogens with one attached hydrogen (secondary N) is 3. The van der Waals surface area contributed by atoms with Gasteiger partial charge in [0.15, 0.2) is 11.6 Å². The van der Waals surface area contributed by atoms with Gasteiger partial charge in [0.25, 0.3) is 0 Å². The molecule has 2 heterocycles. The summed E-state index contributed by atoms with van der Waals surface area (Å²) in [6.07, 6.45) is 6.95. The largest absolute Gasteiger partial charge is 0.486 e. The predicted molar refractivity (Wildman–Crippen MR) is 138 cm³/mol.